The van der Waals surface area contributed by atoms with E-state index in [1.165, 1.54) is 5.56 Å². The van der Waals surface area contributed by atoms with Gasteiger partial charge in [-0.3, -0.25) is 9.80 Å². The van der Waals surface area contributed by atoms with Crippen LogP contribution in [0.3, 0.4) is 0 Å². The fraction of sp³-hybridized carbons (Fsp3) is 0.633. The molecule has 3 rings (SSSR count). The molecule has 39 heavy (non-hydrogen) atoms. The average molecular weight is 542 g/mol. The first-order valence-corrected chi connectivity index (χ1v) is 14.1. The van der Waals surface area contributed by atoms with Crippen LogP contribution in [0.5, 0.6) is 0 Å². The molecule has 9 nitrogen and oxygen atoms in total. The highest BCUT2D eigenvalue weighted by Crippen LogP contribution is 2.33. The van der Waals surface area contributed by atoms with E-state index in [9.17, 15) is 14.4 Å². The zero-order valence-electron chi connectivity index (χ0n) is 25.2. The van der Waals surface area contributed by atoms with Gasteiger partial charge in [0.25, 0.3) is 0 Å². The van der Waals surface area contributed by atoms with Crippen LogP contribution in [-0.4, -0.2) is 83.6 Å². The molecule has 0 radical (unpaired) electrons. The molecule has 216 valence electrons. The minimum Gasteiger partial charge on any atom is -0.463 e. The Morgan fingerprint density at radius 2 is 1.69 bits per heavy atom. The van der Waals surface area contributed by atoms with E-state index in [0.717, 1.165) is 5.56 Å². The Kier molecular flexibility index (Phi) is 9.36. The van der Waals surface area contributed by atoms with E-state index in [1.807, 2.05) is 51.7 Å². The van der Waals surface area contributed by atoms with Crippen LogP contribution in [0.25, 0.3) is 0 Å². The molecule has 4 amide bonds. The number of nitrogens with zero attached hydrogens (tertiary/aromatic N) is 3. The molecule has 2 aliphatic heterocycles. The summed E-state index contributed by atoms with van der Waals surface area (Å²) >= 11 is 0. The lowest BCUT2D eigenvalue weighted by Crippen LogP contribution is -2.59. The molecule has 0 saturated carbocycles. The summed E-state index contributed by atoms with van der Waals surface area (Å²) < 4.78 is 5.52. The van der Waals surface area contributed by atoms with Gasteiger partial charge >= 0.3 is 18.0 Å². The number of rotatable bonds is 6. The SMILES string of the molecule is CCOC(=O)C1=C(CN2CCN(C(=O)NC(C)(C)C)[C@@H](C)C2)N(CC)C(=O)N[C@@H]1c1ccc(C(C)(C)C)cc1. The first kappa shape index (κ1) is 30.5. The topological polar surface area (TPSA) is 94.2 Å². The summed E-state index contributed by atoms with van der Waals surface area (Å²) in [6.45, 7) is 21.0. The highest BCUT2D eigenvalue weighted by molar-refractivity contribution is 5.95. The summed E-state index contributed by atoms with van der Waals surface area (Å²) in [4.78, 5) is 45.3. The number of nitrogens with one attached hydrogen (secondary N) is 2. The Morgan fingerprint density at radius 1 is 1.05 bits per heavy atom. The maximum absolute atomic E-state index is 13.4. The third kappa shape index (κ3) is 7.32. The normalized spacial score (nSPS) is 21.1. The van der Waals surface area contributed by atoms with Crippen LogP contribution in [0.15, 0.2) is 35.5 Å². The van der Waals surface area contributed by atoms with Crippen molar-refractivity contribution in [1.82, 2.24) is 25.3 Å². The Bertz CT molecular complexity index is 1080. The van der Waals surface area contributed by atoms with Gasteiger partial charge in [0.2, 0.25) is 0 Å². The summed E-state index contributed by atoms with van der Waals surface area (Å²) in [6.07, 6.45) is 0. The minimum absolute atomic E-state index is 0.0130. The molecule has 0 aromatic heterocycles. The maximum Gasteiger partial charge on any atom is 0.338 e. The largest absolute Gasteiger partial charge is 0.463 e. The molecule has 0 spiro atoms. The van der Waals surface area contributed by atoms with Crippen molar-refractivity contribution in [1.29, 1.82) is 0 Å². The second-order valence-corrected chi connectivity index (χ2v) is 12.5. The van der Waals surface area contributed by atoms with Gasteiger partial charge in [-0.2, -0.15) is 0 Å². The third-order valence-electron chi connectivity index (χ3n) is 7.19. The molecular formula is C30H47N5O4. The van der Waals surface area contributed by atoms with Crippen molar-refractivity contribution < 1.29 is 19.1 Å². The second kappa shape index (κ2) is 12.0. The van der Waals surface area contributed by atoms with E-state index in [-0.39, 0.29) is 35.7 Å². The molecule has 0 unspecified atom stereocenters. The zero-order chi connectivity index (χ0) is 29.1. The number of amides is 4. The van der Waals surface area contributed by atoms with Crippen LogP contribution in [0.1, 0.15) is 79.5 Å². The third-order valence-corrected chi connectivity index (χ3v) is 7.19. The van der Waals surface area contributed by atoms with Gasteiger partial charge < -0.3 is 20.3 Å². The quantitative estimate of drug-likeness (QED) is 0.521. The number of hydrogen-bond donors (Lipinski definition) is 2. The van der Waals surface area contributed by atoms with Crippen molar-refractivity contribution in [3.63, 3.8) is 0 Å². The van der Waals surface area contributed by atoms with Gasteiger partial charge in [-0.15, -0.1) is 0 Å². The molecule has 2 heterocycles. The smallest absolute Gasteiger partial charge is 0.338 e. The van der Waals surface area contributed by atoms with Crippen LogP contribution in [0.2, 0.25) is 0 Å². The van der Waals surface area contributed by atoms with Crippen molar-refractivity contribution >= 4 is 18.0 Å². The number of hydrogen-bond acceptors (Lipinski definition) is 5. The lowest BCUT2D eigenvalue weighted by atomic mass is 9.85. The van der Waals surface area contributed by atoms with Gasteiger partial charge in [0.05, 0.1) is 18.2 Å². The van der Waals surface area contributed by atoms with Crippen molar-refractivity contribution in [2.24, 2.45) is 0 Å². The van der Waals surface area contributed by atoms with Crippen molar-refractivity contribution in [3.05, 3.63) is 46.7 Å². The van der Waals surface area contributed by atoms with Crippen molar-refractivity contribution in [2.45, 2.75) is 85.4 Å². The number of carbonyl (C=O) groups is 3. The predicted octanol–water partition coefficient (Wildman–Crippen LogP) is 4.40. The van der Waals surface area contributed by atoms with Crippen molar-refractivity contribution in [3.8, 4) is 0 Å². The number of urea groups is 2. The summed E-state index contributed by atoms with van der Waals surface area (Å²) in [5, 5.41) is 6.10. The standard InChI is InChI=1S/C30H47N5O4/c1-10-34-23(19-33-16-17-35(20(3)18-33)28(38)32-30(7,8)9)24(26(36)39-11-2)25(31-27(34)37)21-12-14-22(15-13-21)29(4,5)6/h12-15,20,25H,10-11,16-19H2,1-9H3,(H,31,37)(H,32,38)/t20-,25+/m0/s1. The molecule has 1 aromatic rings. The highest BCUT2D eigenvalue weighted by atomic mass is 16.5. The molecule has 0 aliphatic carbocycles. The van der Waals surface area contributed by atoms with E-state index in [2.05, 4.69) is 48.4 Å². The fourth-order valence-corrected chi connectivity index (χ4v) is 5.17. The van der Waals surface area contributed by atoms with E-state index in [1.54, 1.807) is 11.8 Å². The van der Waals surface area contributed by atoms with E-state index >= 15 is 0 Å². The molecule has 9 heteroatoms. The van der Waals surface area contributed by atoms with Crippen molar-refractivity contribution in [2.75, 3.05) is 39.3 Å². The molecule has 2 atom stereocenters. The second-order valence-electron chi connectivity index (χ2n) is 12.5. The van der Waals surface area contributed by atoms with Crippen LogP contribution >= 0.6 is 0 Å². The van der Waals surface area contributed by atoms with E-state index < -0.39 is 12.0 Å². The zero-order valence-corrected chi connectivity index (χ0v) is 25.2. The molecule has 2 N–H and O–H groups in total. The average Bonchev–Trinajstić information content (AvgIpc) is 2.82. The van der Waals surface area contributed by atoms with Gasteiger partial charge in [0.1, 0.15) is 0 Å². The summed E-state index contributed by atoms with van der Waals surface area (Å²) in [6, 6.07) is 7.13. The van der Waals surface area contributed by atoms with Gasteiger partial charge in [0, 0.05) is 50.0 Å². The molecular weight excluding hydrogens is 494 g/mol. The number of ether oxygens (including phenoxy) is 1. The van der Waals surface area contributed by atoms with Crippen LogP contribution < -0.4 is 10.6 Å². The lowest BCUT2D eigenvalue weighted by molar-refractivity contribution is -0.139. The van der Waals surface area contributed by atoms with Crippen LogP contribution in [-0.2, 0) is 14.9 Å². The highest BCUT2D eigenvalue weighted by Gasteiger charge is 2.39. The Morgan fingerprint density at radius 3 is 2.21 bits per heavy atom. The van der Waals surface area contributed by atoms with Gasteiger partial charge in [0.15, 0.2) is 0 Å². The monoisotopic (exact) mass is 541 g/mol. The number of piperazine rings is 1. The number of esters is 1. The molecule has 1 saturated heterocycles. The number of carbonyl (C=O) groups excluding carboxylic acids is 3. The van der Waals surface area contributed by atoms with Gasteiger partial charge in [-0.25, -0.2) is 14.4 Å². The first-order chi connectivity index (χ1) is 18.2. The maximum atomic E-state index is 13.4. The molecule has 0 bridgehead atoms. The molecule has 2 aliphatic rings. The Balaban J connectivity index is 1.95. The summed E-state index contributed by atoms with van der Waals surface area (Å²) in [5.74, 6) is -0.424. The predicted molar refractivity (Wildman–Crippen MR) is 153 cm³/mol. The number of benzene rings is 1. The Hall–Kier alpha value is -3.07. The summed E-state index contributed by atoms with van der Waals surface area (Å²) in [7, 11) is 0. The molecule has 1 fully saturated rings. The first-order valence-electron chi connectivity index (χ1n) is 14.1. The van der Waals surface area contributed by atoms with E-state index in [0.29, 0.717) is 44.0 Å². The van der Waals surface area contributed by atoms with Gasteiger partial charge in [-0.05, 0) is 58.1 Å². The van der Waals surface area contributed by atoms with E-state index in [4.69, 9.17) is 4.74 Å². The summed E-state index contributed by atoms with van der Waals surface area (Å²) in [5.41, 5.74) is 2.80. The fourth-order valence-electron chi connectivity index (χ4n) is 5.17. The Labute approximate surface area is 233 Å². The lowest BCUT2D eigenvalue weighted by Gasteiger charge is -2.43. The van der Waals surface area contributed by atoms with Gasteiger partial charge in [-0.1, -0.05) is 45.0 Å². The minimum atomic E-state index is -0.611. The molecule has 1 aromatic carbocycles. The van der Waals surface area contributed by atoms with Crippen LogP contribution in [0, 0.1) is 0 Å². The van der Waals surface area contributed by atoms with Crippen LogP contribution in [0.4, 0.5) is 9.59 Å². The number of likely N-dealkylation sites (N-methyl/N-ethyl adjacent to an activating group) is 1.